The second-order valence-electron chi connectivity index (χ2n) is 4.78. The van der Waals surface area contributed by atoms with Gasteiger partial charge in [0, 0.05) is 26.1 Å². The first kappa shape index (κ1) is 17.3. The van der Waals surface area contributed by atoms with Crippen LogP contribution in [-0.2, 0) is 4.79 Å². The predicted molar refractivity (Wildman–Crippen MR) is 76.6 cm³/mol. The number of carbonyl (C=O) groups is 1. The third-order valence-corrected chi connectivity index (χ3v) is 3.03. The summed E-state index contributed by atoms with van der Waals surface area (Å²) in [4.78, 5) is 13.7. The van der Waals surface area contributed by atoms with E-state index in [2.05, 4.69) is 5.32 Å². The van der Waals surface area contributed by atoms with Crippen molar-refractivity contribution in [2.75, 3.05) is 25.0 Å². The van der Waals surface area contributed by atoms with Gasteiger partial charge in [-0.05, 0) is 25.0 Å². The minimum atomic E-state index is -1.51. The number of halogens is 3. The number of hydrogen-bond donors (Lipinski definition) is 1. The van der Waals surface area contributed by atoms with E-state index in [4.69, 9.17) is 0 Å². The van der Waals surface area contributed by atoms with Crippen LogP contribution in [0.3, 0.4) is 0 Å². The lowest BCUT2D eigenvalue weighted by Gasteiger charge is -2.21. The number of carbonyl (C=O) groups excluding carboxylic acids is 1. The molecule has 0 atom stereocenters. The minimum absolute atomic E-state index is 0.0332. The van der Waals surface area contributed by atoms with E-state index >= 15 is 0 Å². The molecular formula is C15H21F3N2O. The Morgan fingerprint density at radius 3 is 2.29 bits per heavy atom. The predicted octanol–water partition coefficient (Wildman–Crippen LogP) is 3.55. The molecule has 1 amide bonds. The second kappa shape index (κ2) is 8.54. The Morgan fingerprint density at radius 2 is 1.71 bits per heavy atom. The van der Waals surface area contributed by atoms with Gasteiger partial charge in [0.25, 0.3) is 0 Å². The fraction of sp³-hybridized carbons (Fsp3) is 0.533. The largest absolute Gasteiger partial charge is 0.382 e. The summed E-state index contributed by atoms with van der Waals surface area (Å²) in [5.74, 6) is -4.04. The fourth-order valence-electron chi connectivity index (χ4n) is 2.03. The Morgan fingerprint density at radius 1 is 1.10 bits per heavy atom. The number of hydrogen-bond acceptors (Lipinski definition) is 2. The standard InChI is InChI=1S/C15H21F3N2O/c1-3-9-20(10-4-2)13(21)7-8-19-12-6-5-11(16)14(17)15(12)18/h5-6,19H,3-4,7-10H2,1-2H3. The van der Waals surface area contributed by atoms with E-state index in [1.165, 1.54) is 0 Å². The van der Waals surface area contributed by atoms with Crippen molar-refractivity contribution in [2.24, 2.45) is 0 Å². The molecule has 1 aromatic carbocycles. The smallest absolute Gasteiger partial charge is 0.224 e. The van der Waals surface area contributed by atoms with Crippen LogP contribution in [0.1, 0.15) is 33.1 Å². The SMILES string of the molecule is CCCN(CCC)C(=O)CCNc1ccc(F)c(F)c1F. The van der Waals surface area contributed by atoms with Crippen LogP contribution < -0.4 is 5.32 Å². The Labute approximate surface area is 123 Å². The van der Waals surface area contributed by atoms with Crippen LogP contribution in [0.5, 0.6) is 0 Å². The van der Waals surface area contributed by atoms with Gasteiger partial charge in [0.05, 0.1) is 5.69 Å². The molecule has 1 N–H and O–H groups in total. The van der Waals surface area contributed by atoms with Gasteiger partial charge in [-0.1, -0.05) is 13.8 Å². The molecule has 0 unspecified atom stereocenters. The molecule has 3 nitrogen and oxygen atoms in total. The lowest BCUT2D eigenvalue weighted by molar-refractivity contribution is -0.131. The lowest BCUT2D eigenvalue weighted by Crippen LogP contribution is -2.33. The average Bonchev–Trinajstić information content (AvgIpc) is 2.47. The van der Waals surface area contributed by atoms with E-state index in [1.807, 2.05) is 13.8 Å². The van der Waals surface area contributed by atoms with Crippen LogP contribution in [-0.4, -0.2) is 30.4 Å². The third-order valence-electron chi connectivity index (χ3n) is 3.03. The summed E-state index contributed by atoms with van der Waals surface area (Å²) < 4.78 is 39.2. The molecule has 0 saturated heterocycles. The van der Waals surface area contributed by atoms with Crippen molar-refractivity contribution in [2.45, 2.75) is 33.1 Å². The molecular weight excluding hydrogens is 281 g/mol. The Balaban J connectivity index is 2.53. The van der Waals surface area contributed by atoms with Crippen molar-refractivity contribution in [3.8, 4) is 0 Å². The zero-order chi connectivity index (χ0) is 15.8. The Kier molecular flexibility index (Phi) is 7.05. The molecule has 0 aliphatic heterocycles. The van der Waals surface area contributed by atoms with E-state index in [0.717, 1.165) is 25.0 Å². The third kappa shape index (κ3) is 4.95. The van der Waals surface area contributed by atoms with Crippen LogP contribution in [0.2, 0.25) is 0 Å². The second-order valence-corrected chi connectivity index (χ2v) is 4.78. The number of benzene rings is 1. The summed E-state index contributed by atoms with van der Waals surface area (Å²) in [6.07, 6.45) is 1.92. The topological polar surface area (TPSA) is 32.3 Å². The van der Waals surface area contributed by atoms with Crippen LogP contribution in [0.25, 0.3) is 0 Å². The highest BCUT2D eigenvalue weighted by Gasteiger charge is 2.14. The van der Waals surface area contributed by atoms with Gasteiger partial charge in [-0.15, -0.1) is 0 Å². The molecule has 0 radical (unpaired) electrons. The zero-order valence-electron chi connectivity index (χ0n) is 12.4. The summed E-state index contributed by atoms with van der Waals surface area (Å²) >= 11 is 0. The summed E-state index contributed by atoms with van der Waals surface area (Å²) in [6.45, 7) is 5.53. The maximum Gasteiger partial charge on any atom is 0.224 e. The van der Waals surface area contributed by atoms with Gasteiger partial charge in [0.15, 0.2) is 17.5 Å². The lowest BCUT2D eigenvalue weighted by atomic mass is 10.2. The summed E-state index contributed by atoms with van der Waals surface area (Å²) in [6, 6.07) is 1.97. The van der Waals surface area contributed by atoms with Gasteiger partial charge >= 0.3 is 0 Å². The molecule has 0 aliphatic carbocycles. The van der Waals surface area contributed by atoms with Crippen molar-refractivity contribution in [3.63, 3.8) is 0 Å². The quantitative estimate of drug-likeness (QED) is 0.745. The van der Waals surface area contributed by atoms with Gasteiger partial charge in [-0.3, -0.25) is 4.79 Å². The van der Waals surface area contributed by atoms with E-state index < -0.39 is 17.5 Å². The van der Waals surface area contributed by atoms with Crippen molar-refractivity contribution >= 4 is 11.6 Å². The Hall–Kier alpha value is -1.72. The molecule has 1 rings (SSSR count). The van der Waals surface area contributed by atoms with Gasteiger partial charge in [-0.25, -0.2) is 13.2 Å². The molecule has 21 heavy (non-hydrogen) atoms. The normalized spacial score (nSPS) is 10.5. The van der Waals surface area contributed by atoms with E-state index in [-0.39, 0.29) is 24.6 Å². The molecule has 0 bridgehead atoms. The van der Waals surface area contributed by atoms with Crippen molar-refractivity contribution in [3.05, 3.63) is 29.6 Å². The number of nitrogens with zero attached hydrogens (tertiary/aromatic N) is 1. The molecule has 118 valence electrons. The molecule has 0 aromatic heterocycles. The molecule has 0 saturated carbocycles. The maximum atomic E-state index is 13.4. The van der Waals surface area contributed by atoms with Crippen molar-refractivity contribution < 1.29 is 18.0 Å². The molecule has 1 aromatic rings. The van der Waals surface area contributed by atoms with Crippen LogP contribution in [0.4, 0.5) is 18.9 Å². The Bertz CT molecular complexity index is 474. The van der Waals surface area contributed by atoms with E-state index in [9.17, 15) is 18.0 Å². The number of anilines is 1. The number of nitrogens with one attached hydrogen (secondary N) is 1. The highest BCUT2D eigenvalue weighted by Crippen LogP contribution is 2.19. The van der Waals surface area contributed by atoms with Crippen LogP contribution >= 0.6 is 0 Å². The highest BCUT2D eigenvalue weighted by molar-refractivity contribution is 5.76. The van der Waals surface area contributed by atoms with Gasteiger partial charge < -0.3 is 10.2 Å². The van der Waals surface area contributed by atoms with Crippen molar-refractivity contribution in [1.29, 1.82) is 0 Å². The minimum Gasteiger partial charge on any atom is -0.382 e. The first-order valence-corrected chi connectivity index (χ1v) is 7.16. The average molecular weight is 302 g/mol. The van der Waals surface area contributed by atoms with Gasteiger partial charge in [0.2, 0.25) is 5.91 Å². The summed E-state index contributed by atoms with van der Waals surface area (Å²) in [5.41, 5.74) is -0.140. The van der Waals surface area contributed by atoms with Crippen LogP contribution in [0.15, 0.2) is 12.1 Å². The first-order chi connectivity index (χ1) is 10.0. The number of rotatable bonds is 8. The zero-order valence-corrected chi connectivity index (χ0v) is 12.4. The highest BCUT2D eigenvalue weighted by atomic mass is 19.2. The molecule has 0 spiro atoms. The van der Waals surface area contributed by atoms with Gasteiger partial charge in [0.1, 0.15) is 0 Å². The maximum absolute atomic E-state index is 13.4. The fourth-order valence-corrected chi connectivity index (χ4v) is 2.03. The van der Waals surface area contributed by atoms with Gasteiger partial charge in [-0.2, -0.15) is 0 Å². The van der Waals surface area contributed by atoms with Crippen molar-refractivity contribution in [1.82, 2.24) is 4.90 Å². The van der Waals surface area contributed by atoms with E-state index in [1.54, 1.807) is 4.90 Å². The molecule has 6 heteroatoms. The van der Waals surface area contributed by atoms with Crippen LogP contribution in [0, 0.1) is 17.5 Å². The molecule has 0 fully saturated rings. The summed E-state index contributed by atoms with van der Waals surface area (Å²) in [7, 11) is 0. The monoisotopic (exact) mass is 302 g/mol. The van der Waals surface area contributed by atoms with E-state index in [0.29, 0.717) is 13.1 Å². The molecule has 0 heterocycles. The molecule has 0 aliphatic rings. The first-order valence-electron chi connectivity index (χ1n) is 7.16. The summed E-state index contributed by atoms with van der Waals surface area (Å²) in [5, 5.41) is 2.62. The number of amides is 1.